The molecule has 144 valence electrons. The Labute approximate surface area is 156 Å². The van der Waals surface area contributed by atoms with Gasteiger partial charge in [-0.15, -0.1) is 0 Å². The second-order valence-corrected chi connectivity index (χ2v) is 6.12. The Morgan fingerprint density at radius 3 is 2.59 bits per heavy atom. The summed E-state index contributed by atoms with van der Waals surface area (Å²) in [5, 5.41) is 2.93. The highest BCUT2D eigenvalue weighted by molar-refractivity contribution is 5.99. The molecule has 0 radical (unpaired) electrons. The molecule has 3 rings (SSSR count). The minimum atomic E-state index is -2.86. The van der Waals surface area contributed by atoms with Crippen LogP contribution in [0, 0.1) is 0 Å². The van der Waals surface area contributed by atoms with Gasteiger partial charge in [0.15, 0.2) is 0 Å². The molecule has 8 heteroatoms. The lowest BCUT2D eigenvalue weighted by Crippen LogP contribution is -2.38. The number of anilines is 1. The van der Waals surface area contributed by atoms with Crippen molar-refractivity contribution in [2.75, 3.05) is 31.2 Å². The Hall–Kier alpha value is -2.74. The van der Waals surface area contributed by atoms with Crippen LogP contribution in [0.1, 0.15) is 28.9 Å². The minimum absolute atomic E-state index is 0.0779. The predicted octanol–water partition coefficient (Wildman–Crippen LogP) is 3.01. The molecule has 0 aliphatic carbocycles. The first kappa shape index (κ1) is 19.0. The largest absolute Gasteiger partial charge is 0.435 e. The molecule has 0 spiro atoms. The number of amides is 1. The van der Waals surface area contributed by atoms with Gasteiger partial charge in [-0.2, -0.15) is 8.78 Å². The molecule has 0 bridgehead atoms. The SMILES string of the molecule is CC(NC(=O)c1cccnc1N1CCOCC1)c1ccc(OC(F)F)cc1. The lowest BCUT2D eigenvalue weighted by molar-refractivity contribution is -0.0498. The van der Waals surface area contributed by atoms with Gasteiger partial charge in [-0.1, -0.05) is 12.1 Å². The first-order valence-electron chi connectivity index (χ1n) is 8.68. The zero-order valence-electron chi connectivity index (χ0n) is 14.9. The van der Waals surface area contributed by atoms with Crippen molar-refractivity contribution in [3.63, 3.8) is 0 Å². The number of benzene rings is 1. The van der Waals surface area contributed by atoms with E-state index in [0.29, 0.717) is 37.7 Å². The maximum absolute atomic E-state index is 12.8. The fraction of sp³-hybridized carbons (Fsp3) is 0.368. The predicted molar refractivity (Wildman–Crippen MR) is 96.2 cm³/mol. The number of carbonyl (C=O) groups excluding carboxylic acids is 1. The number of ether oxygens (including phenoxy) is 2. The Balaban J connectivity index is 1.69. The summed E-state index contributed by atoms with van der Waals surface area (Å²) in [5.41, 5.74) is 1.27. The normalized spacial score (nSPS) is 15.5. The maximum atomic E-state index is 12.8. The smallest absolute Gasteiger partial charge is 0.387 e. The lowest BCUT2D eigenvalue weighted by Gasteiger charge is -2.29. The summed E-state index contributed by atoms with van der Waals surface area (Å²) in [6, 6.07) is 9.35. The lowest BCUT2D eigenvalue weighted by atomic mass is 10.1. The third-order valence-electron chi connectivity index (χ3n) is 4.29. The molecule has 2 aromatic rings. The molecule has 6 nitrogen and oxygen atoms in total. The molecular formula is C19H21F2N3O3. The molecular weight excluding hydrogens is 356 g/mol. The first-order valence-corrected chi connectivity index (χ1v) is 8.68. The van der Waals surface area contributed by atoms with Crippen LogP contribution < -0.4 is 15.0 Å². The topological polar surface area (TPSA) is 63.7 Å². The molecule has 1 fully saturated rings. The molecule has 1 amide bonds. The van der Waals surface area contributed by atoms with Crippen molar-refractivity contribution in [3.05, 3.63) is 53.7 Å². The van der Waals surface area contributed by atoms with E-state index in [1.807, 2.05) is 11.8 Å². The Morgan fingerprint density at radius 2 is 1.93 bits per heavy atom. The van der Waals surface area contributed by atoms with E-state index < -0.39 is 6.61 Å². The van der Waals surface area contributed by atoms with E-state index in [0.717, 1.165) is 5.56 Å². The van der Waals surface area contributed by atoms with Gasteiger partial charge >= 0.3 is 6.61 Å². The first-order chi connectivity index (χ1) is 13.0. The number of hydrogen-bond acceptors (Lipinski definition) is 5. The Bertz CT molecular complexity index is 765. The summed E-state index contributed by atoms with van der Waals surface area (Å²) >= 11 is 0. The number of hydrogen-bond donors (Lipinski definition) is 1. The zero-order valence-corrected chi connectivity index (χ0v) is 14.9. The summed E-state index contributed by atoms with van der Waals surface area (Å²) < 4.78 is 34.2. The average Bonchev–Trinajstić information content (AvgIpc) is 2.68. The molecule has 1 N–H and O–H groups in total. The van der Waals surface area contributed by atoms with Crippen molar-refractivity contribution < 1.29 is 23.0 Å². The van der Waals surface area contributed by atoms with E-state index in [4.69, 9.17) is 4.74 Å². The minimum Gasteiger partial charge on any atom is -0.435 e. The molecule has 1 unspecified atom stereocenters. The number of nitrogens with zero attached hydrogens (tertiary/aromatic N) is 2. The van der Waals surface area contributed by atoms with Crippen LogP contribution in [0.5, 0.6) is 5.75 Å². The van der Waals surface area contributed by atoms with Crippen LogP contribution in [0.15, 0.2) is 42.6 Å². The number of aromatic nitrogens is 1. The molecule has 27 heavy (non-hydrogen) atoms. The summed E-state index contributed by atoms with van der Waals surface area (Å²) in [7, 11) is 0. The molecule has 2 heterocycles. The number of halogens is 2. The summed E-state index contributed by atoms with van der Waals surface area (Å²) in [6.07, 6.45) is 1.66. The van der Waals surface area contributed by atoms with Gasteiger partial charge in [-0.3, -0.25) is 4.79 Å². The van der Waals surface area contributed by atoms with E-state index in [9.17, 15) is 13.6 Å². The van der Waals surface area contributed by atoms with Crippen LogP contribution in [-0.4, -0.2) is 43.8 Å². The molecule has 1 aromatic heterocycles. The average molecular weight is 377 g/mol. The van der Waals surface area contributed by atoms with Crippen molar-refractivity contribution >= 4 is 11.7 Å². The number of pyridine rings is 1. The van der Waals surface area contributed by atoms with Gasteiger partial charge in [0, 0.05) is 19.3 Å². The molecule has 1 aliphatic rings. The van der Waals surface area contributed by atoms with Crippen LogP contribution in [-0.2, 0) is 4.74 Å². The maximum Gasteiger partial charge on any atom is 0.387 e. The second kappa shape index (κ2) is 8.77. The van der Waals surface area contributed by atoms with Crippen LogP contribution in [0.3, 0.4) is 0 Å². The van der Waals surface area contributed by atoms with Crippen molar-refractivity contribution in [2.45, 2.75) is 19.6 Å². The highest BCUT2D eigenvalue weighted by atomic mass is 19.3. The summed E-state index contributed by atoms with van der Waals surface area (Å²) in [5.74, 6) is 0.463. The Kier molecular flexibility index (Phi) is 6.18. The highest BCUT2D eigenvalue weighted by Crippen LogP contribution is 2.22. The van der Waals surface area contributed by atoms with Gasteiger partial charge in [-0.25, -0.2) is 4.98 Å². The third kappa shape index (κ3) is 4.91. The van der Waals surface area contributed by atoms with Crippen molar-refractivity contribution in [2.24, 2.45) is 0 Å². The van der Waals surface area contributed by atoms with Gasteiger partial charge in [0.05, 0.1) is 24.8 Å². The molecule has 1 aromatic carbocycles. The monoisotopic (exact) mass is 377 g/mol. The summed E-state index contributed by atoms with van der Waals surface area (Å²) in [6.45, 7) is 1.52. The van der Waals surface area contributed by atoms with E-state index >= 15 is 0 Å². The molecule has 0 saturated carbocycles. The molecule has 1 saturated heterocycles. The van der Waals surface area contributed by atoms with Crippen LogP contribution in [0.25, 0.3) is 0 Å². The quantitative estimate of drug-likeness (QED) is 0.839. The standard InChI is InChI=1S/C19H21F2N3O3/c1-13(14-4-6-15(7-5-14)27-19(20)21)23-18(25)16-3-2-8-22-17(16)24-9-11-26-12-10-24/h2-8,13,19H,9-12H2,1H3,(H,23,25). The van der Waals surface area contributed by atoms with Gasteiger partial charge in [-0.05, 0) is 36.8 Å². The molecule has 1 aliphatic heterocycles. The van der Waals surface area contributed by atoms with Crippen LogP contribution in [0.4, 0.5) is 14.6 Å². The fourth-order valence-corrected chi connectivity index (χ4v) is 2.90. The van der Waals surface area contributed by atoms with Gasteiger partial charge in [0.2, 0.25) is 0 Å². The number of nitrogens with one attached hydrogen (secondary N) is 1. The van der Waals surface area contributed by atoms with E-state index in [-0.39, 0.29) is 17.7 Å². The highest BCUT2D eigenvalue weighted by Gasteiger charge is 2.21. The number of alkyl halides is 2. The van der Waals surface area contributed by atoms with Gasteiger partial charge in [0.1, 0.15) is 11.6 Å². The molecule has 1 atom stereocenters. The van der Waals surface area contributed by atoms with Crippen molar-refractivity contribution in [3.8, 4) is 5.75 Å². The van der Waals surface area contributed by atoms with E-state index in [1.165, 1.54) is 12.1 Å². The number of carbonyl (C=O) groups is 1. The van der Waals surface area contributed by atoms with Gasteiger partial charge < -0.3 is 19.7 Å². The summed E-state index contributed by atoms with van der Waals surface area (Å²) in [4.78, 5) is 19.2. The van der Waals surface area contributed by atoms with E-state index in [1.54, 1.807) is 30.5 Å². The number of morpholine rings is 1. The fourth-order valence-electron chi connectivity index (χ4n) is 2.90. The van der Waals surface area contributed by atoms with Gasteiger partial charge in [0.25, 0.3) is 5.91 Å². The zero-order chi connectivity index (χ0) is 19.2. The van der Waals surface area contributed by atoms with Crippen molar-refractivity contribution in [1.29, 1.82) is 0 Å². The number of rotatable bonds is 6. The van der Waals surface area contributed by atoms with E-state index in [2.05, 4.69) is 15.0 Å². The Morgan fingerprint density at radius 1 is 1.22 bits per heavy atom. The third-order valence-corrected chi connectivity index (χ3v) is 4.29. The van der Waals surface area contributed by atoms with Crippen LogP contribution in [0.2, 0.25) is 0 Å². The van der Waals surface area contributed by atoms with Crippen LogP contribution >= 0.6 is 0 Å². The van der Waals surface area contributed by atoms with Crippen molar-refractivity contribution in [1.82, 2.24) is 10.3 Å². The second-order valence-electron chi connectivity index (χ2n) is 6.12.